The zero-order valence-corrected chi connectivity index (χ0v) is 16.3. The zero-order chi connectivity index (χ0) is 20.4. The van der Waals surface area contributed by atoms with Crippen LogP contribution in [0.3, 0.4) is 0 Å². The van der Waals surface area contributed by atoms with Crippen molar-refractivity contribution in [2.24, 2.45) is 14.1 Å². The molecular weight excluding hydrogens is 362 g/mol. The summed E-state index contributed by atoms with van der Waals surface area (Å²) in [7, 11) is 4.56. The second-order valence-electron chi connectivity index (χ2n) is 6.59. The summed E-state index contributed by atoms with van der Waals surface area (Å²) in [6.45, 7) is 2.15. The van der Waals surface area contributed by atoms with Gasteiger partial charge < -0.3 is 14.6 Å². The van der Waals surface area contributed by atoms with E-state index >= 15 is 0 Å². The molecule has 0 aliphatic carbocycles. The molecule has 1 unspecified atom stereocenters. The molecule has 148 valence electrons. The molecule has 1 aromatic carbocycles. The minimum atomic E-state index is -0.647. The SMILES string of the molecule is COc1ccc(CCNC(=O)C(C)n2cnc3c2c(=O)n(C)c(=O)n3C)cc1. The van der Waals surface area contributed by atoms with Gasteiger partial charge in [-0.05, 0) is 31.0 Å². The fourth-order valence-electron chi connectivity index (χ4n) is 3.05. The average molecular weight is 385 g/mol. The summed E-state index contributed by atoms with van der Waals surface area (Å²) < 4.78 is 8.93. The number of imidazole rings is 1. The lowest BCUT2D eigenvalue weighted by molar-refractivity contribution is -0.123. The normalized spacial score (nSPS) is 12.1. The molecule has 3 rings (SSSR count). The van der Waals surface area contributed by atoms with Crippen molar-refractivity contribution >= 4 is 17.1 Å². The summed E-state index contributed by atoms with van der Waals surface area (Å²) in [4.78, 5) is 41.2. The number of rotatable bonds is 6. The third kappa shape index (κ3) is 3.42. The van der Waals surface area contributed by atoms with E-state index in [1.807, 2.05) is 24.3 Å². The van der Waals surface area contributed by atoms with E-state index < -0.39 is 17.3 Å². The molecule has 0 saturated heterocycles. The zero-order valence-electron chi connectivity index (χ0n) is 16.3. The molecule has 0 aliphatic rings. The number of nitrogens with zero attached hydrogens (tertiary/aromatic N) is 4. The van der Waals surface area contributed by atoms with Crippen molar-refractivity contribution < 1.29 is 9.53 Å². The highest BCUT2D eigenvalue weighted by Gasteiger charge is 2.21. The van der Waals surface area contributed by atoms with Crippen LogP contribution >= 0.6 is 0 Å². The number of benzene rings is 1. The number of aromatic nitrogens is 4. The molecule has 0 fully saturated rings. The van der Waals surface area contributed by atoms with Gasteiger partial charge in [-0.15, -0.1) is 0 Å². The molecule has 0 aliphatic heterocycles. The lowest BCUT2D eigenvalue weighted by Gasteiger charge is -2.15. The number of ether oxygens (including phenoxy) is 1. The number of hydrogen-bond acceptors (Lipinski definition) is 5. The molecule has 1 N–H and O–H groups in total. The number of aryl methyl sites for hydroxylation is 1. The van der Waals surface area contributed by atoms with Gasteiger partial charge >= 0.3 is 5.69 Å². The molecule has 0 bridgehead atoms. The maximum Gasteiger partial charge on any atom is 0.332 e. The Kier molecular flexibility index (Phi) is 5.34. The monoisotopic (exact) mass is 385 g/mol. The van der Waals surface area contributed by atoms with Crippen molar-refractivity contribution in [2.45, 2.75) is 19.4 Å². The van der Waals surface area contributed by atoms with Crippen LogP contribution in [0.25, 0.3) is 11.2 Å². The Bertz CT molecular complexity index is 1120. The van der Waals surface area contributed by atoms with Gasteiger partial charge in [0.2, 0.25) is 5.91 Å². The van der Waals surface area contributed by atoms with Gasteiger partial charge in [-0.3, -0.25) is 18.7 Å². The van der Waals surface area contributed by atoms with Crippen LogP contribution in [0.2, 0.25) is 0 Å². The Morgan fingerprint density at radius 3 is 2.50 bits per heavy atom. The maximum absolute atomic E-state index is 12.6. The van der Waals surface area contributed by atoms with Gasteiger partial charge in [0.15, 0.2) is 11.2 Å². The van der Waals surface area contributed by atoms with Crippen molar-refractivity contribution in [1.82, 2.24) is 24.0 Å². The number of fused-ring (bicyclic) bond motifs is 1. The Morgan fingerprint density at radius 2 is 1.86 bits per heavy atom. The molecule has 3 aromatic rings. The third-order valence-corrected chi connectivity index (χ3v) is 4.84. The van der Waals surface area contributed by atoms with Crippen LogP contribution in [-0.2, 0) is 25.3 Å². The third-order valence-electron chi connectivity index (χ3n) is 4.84. The Hall–Kier alpha value is -3.36. The second-order valence-corrected chi connectivity index (χ2v) is 6.59. The van der Waals surface area contributed by atoms with Crippen LogP contribution in [0, 0.1) is 0 Å². The molecule has 0 saturated carbocycles. The minimum absolute atomic E-state index is 0.224. The number of hydrogen-bond donors (Lipinski definition) is 1. The Balaban J connectivity index is 1.74. The fraction of sp³-hybridized carbons (Fsp3) is 0.368. The van der Waals surface area contributed by atoms with Gasteiger partial charge in [-0.1, -0.05) is 12.1 Å². The molecule has 0 spiro atoms. The van der Waals surface area contributed by atoms with E-state index in [-0.39, 0.29) is 17.1 Å². The topological polar surface area (TPSA) is 100 Å². The van der Waals surface area contributed by atoms with E-state index in [1.54, 1.807) is 21.1 Å². The van der Waals surface area contributed by atoms with Crippen LogP contribution in [0.1, 0.15) is 18.5 Å². The van der Waals surface area contributed by atoms with Gasteiger partial charge in [0.1, 0.15) is 11.8 Å². The van der Waals surface area contributed by atoms with E-state index in [0.29, 0.717) is 13.0 Å². The molecule has 2 heterocycles. The first kappa shape index (κ1) is 19.4. The molecular formula is C19H23N5O4. The molecule has 2 aromatic heterocycles. The molecule has 9 heteroatoms. The minimum Gasteiger partial charge on any atom is -0.497 e. The van der Waals surface area contributed by atoms with Gasteiger partial charge in [0.25, 0.3) is 5.56 Å². The first-order chi connectivity index (χ1) is 13.3. The Labute approximate surface area is 161 Å². The predicted octanol–water partition coefficient (Wildman–Crippen LogP) is 0.362. The summed E-state index contributed by atoms with van der Waals surface area (Å²) >= 11 is 0. The van der Waals surface area contributed by atoms with E-state index in [2.05, 4.69) is 10.3 Å². The van der Waals surface area contributed by atoms with E-state index in [1.165, 1.54) is 22.5 Å². The molecule has 9 nitrogen and oxygen atoms in total. The quantitative estimate of drug-likeness (QED) is 0.661. The average Bonchev–Trinajstić information content (AvgIpc) is 3.15. The van der Waals surface area contributed by atoms with Gasteiger partial charge in [0, 0.05) is 20.6 Å². The second kappa shape index (κ2) is 7.71. The molecule has 0 radical (unpaired) electrons. The van der Waals surface area contributed by atoms with Crippen molar-refractivity contribution in [2.75, 3.05) is 13.7 Å². The summed E-state index contributed by atoms with van der Waals surface area (Å²) in [5.74, 6) is 0.549. The van der Waals surface area contributed by atoms with Crippen molar-refractivity contribution in [3.8, 4) is 5.75 Å². The lowest BCUT2D eigenvalue weighted by Crippen LogP contribution is -2.38. The van der Waals surface area contributed by atoms with Gasteiger partial charge in [-0.25, -0.2) is 9.78 Å². The van der Waals surface area contributed by atoms with E-state index in [9.17, 15) is 14.4 Å². The first-order valence-electron chi connectivity index (χ1n) is 8.88. The van der Waals surface area contributed by atoms with Crippen molar-refractivity contribution in [3.63, 3.8) is 0 Å². The largest absolute Gasteiger partial charge is 0.497 e. The lowest BCUT2D eigenvalue weighted by atomic mass is 10.1. The van der Waals surface area contributed by atoms with Crippen LogP contribution in [-0.4, -0.2) is 38.2 Å². The first-order valence-corrected chi connectivity index (χ1v) is 8.88. The number of methoxy groups -OCH3 is 1. The van der Waals surface area contributed by atoms with Gasteiger partial charge in [-0.2, -0.15) is 0 Å². The maximum atomic E-state index is 12.6. The number of carbonyl (C=O) groups excluding carboxylic acids is 1. The van der Waals surface area contributed by atoms with Crippen molar-refractivity contribution in [1.29, 1.82) is 0 Å². The standard InChI is InChI=1S/C19H23N5O4/c1-12(17(25)20-10-9-13-5-7-14(28-4)8-6-13)24-11-21-16-15(24)18(26)23(3)19(27)22(16)2/h5-8,11-12H,9-10H2,1-4H3,(H,20,25). The molecule has 28 heavy (non-hydrogen) atoms. The van der Waals surface area contributed by atoms with Gasteiger partial charge in [0.05, 0.1) is 13.4 Å². The van der Waals surface area contributed by atoms with E-state index in [4.69, 9.17) is 4.74 Å². The summed E-state index contributed by atoms with van der Waals surface area (Å²) in [5.41, 5.74) is 0.618. The highest BCUT2D eigenvalue weighted by Crippen LogP contribution is 2.14. The summed E-state index contributed by atoms with van der Waals surface area (Å²) in [5, 5.41) is 2.88. The summed E-state index contributed by atoms with van der Waals surface area (Å²) in [6.07, 6.45) is 2.09. The van der Waals surface area contributed by atoms with Crippen molar-refractivity contribution in [3.05, 3.63) is 57.0 Å². The van der Waals surface area contributed by atoms with E-state index in [0.717, 1.165) is 15.9 Å². The number of nitrogens with one attached hydrogen (secondary N) is 1. The van der Waals surface area contributed by atoms with Crippen LogP contribution in [0.5, 0.6) is 5.75 Å². The highest BCUT2D eigenvalue weighted by molar-refractivity contribution is 5.82. The molecule has 1 atom stereocenters. The molecule has 1 amide bonds. The smallest absolute Gasteiger partial charge is 0.332 e. The highest BCUT2D eigenvalue weighted by atomic mass is 16.5. The van der Waals surface area contributed by atoms with Crippen LogP contribution in [0.15, 0.2) is 40.2 Å². The summed E-state index contributed by atoms with van der Waals surface area (Å²) in [6, 6.07) is 6.99. The van der Waals surface area contributed by atoms with Crippen LogP contribution in [0.4, 0.5) is 0 Å². The Morgan fingerprint density at radius 1 is 1.18 bits per heavy atom. The fourth-order valence-corrected chi connectivity index (χ4v) is 3.05. The number of carbonyl (C=O) groups is 1. The van der Waals surface area contributed by atoms with Crippen LogP contribution < -0.4 is 21.3 Å². The predicted molar refractivity (Wildman–Crippen MR) is 105 cm³/mol. The number of amides is 1.